The van der Waals surface area contributed by atoms with Crippen LogP contribution in [0.2, 0.25) is 0 Å². The lowest BCUT2D eigenvalue weighted by molar-refractivity contribution is -0.145. The number of carbonyl (C=O) groups excluding carboxylic acids is 2. The molecule has 0 atom stereocenters. The Bertz CT molecular complexity index is 889. The summed E-state index contributed by atoms with van der Waals surface area (Å²) in [5, 5.41) is 0. The number of nitrogens with zero attached hydrogens (tertiary/aromatic N) is 3. The summed E-state index contributed by atoms with van der Waals surface area (Å²) in [7, 11) is -3.68. The highest BCUT2D eigenvalue weighted by Crippen LogP contribution is 2.45. The molecule has 2 heterocycles. The van der Waals surface area contributed by atoms with Crippen LogP contribution in [0.5, 0.6) is 0 Å². The molecule has 1 aromatic carbocycles. The zero-order chi connectivity index (χ0) is 20.6. The lowest BCUT2D eigenvalue weighted by Crippen LogP contribution is -2.52. The SMILES string of the molecule is O=C1CC2(CCCCC2)C(=O)N1CN1CCN(S(=O)(=O)c2ccc(F)cc2)CC1. The fraction of sp³-hybridized carbons (Fsp3) is 0.600. The standard InChI is InChI=1S/C20H26FN3O4S/c21-16-4-6-17(7-5-16)29(27,28)23-12-10-22(11-13-23)15-24-18(25)14-20(19(24)26)8-2-1-3-9-20/h4-7H,1-3,8-15H2. The van der Waals surface area contributed by atoms with E-state index >= 15 is 0 Å². The molecule has 158 valence electrons. The maximum absolute atomic E-state index is 13.1. The third-order valence-electron chi connectivity index (χ3n) is 6.42. The molecule has 1 aliphatic carbocycles. The van der Waals surface area contributed by atoms with Crippen LogP contribution >= 0.6 is 0 Å². The van der Waals surface area contributed by atoms with E-state index in [1.165, 1.54) is 21.3 Å². The molecule has 2 saturated heterocycles. The number of benzene rings is 1. The zero-order valence-corrected chi connectivity index (χ0v) is 17.2. The molecule has 0 bridgehead atoms. The monoisotopic (exact) mass is 423 g/mol. The van der Waals surface area contributed by atoms with Crippen molar-refractivity contribution in [2.45, 2.75) is 43.4 Å². The van der Waals surface area contributed by atoms with Crippen molar-refractivity contribution in [2.24, 2.45) is 5.41 Å². The molecule has 1 saturated carbocycles. The smallest absolute Gasteiger partial charge is 0.243 e. The number of halogens is 1. The highest BCUT2D eigenvalue weighted by Gasteiger charge is 2.51. The van der Waals surface area contributed by atoms with Gasteiger partial charge in [0, 0.05) is 32.6 Å². The minimum Gasteiger partial charge on any atom is -0.283 e. The van der Waals surface area contributed by atoms with Crippen LogP contribution in [0, 0.1) is 11.2 Å². The van der Waals surface area contributed by atoms with Crippen LogP contribution in [0.25, 0.3) is 0 Å². The Morgan fingerprint density at radius 1 is 0.931 bits per heavy atom. The quantitative estimate of drug-likeness (QED) is 0.690. The molecule has 0 N–H and O–H groups in total. The van der Waals surface area contributed by atoms with Crippen LogP contribution in [0.4, 0.5) is 4.39 Å². The van der Waals surface area contributed by atoms with Gasteiger partial charge in [-0.05, 0) is 37.1 Å². The molecule has 0 radical (unpaired) electrons. The van der Waals surface area contributed by atoms with Crippen molar-refractivity contribution in [3.05, 3.63) is 30.1 Å². The van der Waals surface area contributed by atoms with Crippen molar-refractivity contribution >= 4 is 21.8 Å². The molecule has 3 fully saturated rings. The van der Waals surface area contributed by atoms with Crippen molar-refractivity contribution in [3.8, 4) is 0 Å². The van der Waals surface area contributed by atoms with Gasteiger partial charge < -0.3 is 0 Å². The predicted octanol–water partition coefficient (Wildman–Crippen LogP) is 1.80. The maximum atomic E-state index is 13.1. The zero-order valence-electron chi connectivity index (χ0n) is 16.3. The molecule has 2 amide bonds. The van der Waals surface area contributed by atoms with E-state index in [2.05, 4.69) is 0 Å². The summed E-state index contributed by atoms with van der Waals surface area (Å²) >= 11 is 0. The van der Waals surface area contributed by atoms with Crippen LogP contribution in [-0.4, -0.2) is 67.2 Å². The summed E-state index contributed by atoms with van der Waals surface area (Å²) in [5.74, 6) is -0.647. The van der Waals surface area contributed by atoms with Gasteiger partial charge in [-0.25, -0.2) is 12.8 Å². The Balaban J connectivity index is 1.37. The first kappa shape index (κ1) is 20.4. The van der Waals surface area contributed by atoms with Gasteiger partial charge >= 0.3 is 0 Å². The summed E-state index contributed by atoms with van der Waals surface area (Å²) in [6.07, 6.45) is 4.99. The van der Waals surface area contributed by atoms with E-state index in [9.17, 15) is 22.4 Å². The molecule has 3 aliphatic rings. The Morgan fingerprint density at radius 2 is 1.55 bits per heavy atom. The number of sulfonamides is 1. The highest BCUT2D eigenvalue weighted by molar-refractivity contribution is 7.89. The molecule has 0 aromatic heterocycles. The van der Waals surface area contributed by atoms with Crippen LogP contribution in [0.15, 0.2) is 29.2 Å². The summed E-state index contributed by atoms with van der Waals surface area (Å²) in [5.41, 5.74) is -0.497. The van der Waals surface area contributed by atoms with Gasteiger partial charge in [-0.2, -0.15) is 4.31 Å². The number of hydrogen-bond acceptors (Lipinski definition) is 5. The minimum atomic E-state index is -3.68. The molecular formula is C20H26FN3O4S. The largest absolute Gasteiger partial charge is 0.283 e. The van der Waals surface area contributed by atoms with Gasteiger partial charge in [0.1, 0.15) is 5.82 Å². The molecule has 4 rings (SSSR count). The first-order valence-electron chi connectivity index (χ1n) is 10.1. The Labute approximate surface area is 170 Å². The van der Waals surface area contributed by atoms with Gasteiger partial charge in [0.25, 0.3) is 0 Å². The molecule has 2 aliphatic heterocycles. The molecular weight excluding hydrogens is 397 g/mol. The molecule has 1 spiro atoms. The lowest BCUT2D eigenvalue weighted by Gasteiger charge is -2.36. The first-order valence-corrected chi connectivity index (χ1v) is 11.6. The Hall–Kier alpha value is -1.84. The number of carbonyl (C=O) groups is 2. The second-order valence-corrected chi connectivity index (χ2v) is 10.2. The van der Waals surface area contributed by atoms with Crippen LogP contribution in [0.3, 0.4) is 0 Å². The van der Waals surface area contributed by atoms with E-state index in [0.29, 0.717) is 19.5 Å². The molecule has 7 nitrogen and oxygen atoms in total. The third-order valence-corrected chi connectivity index (χ3v) is 8.34. The van der Waals surface area contributed by atoms with Gasteiger partial charge in [-0.15, -0.1) is 0 Å². The van der Waals surface area contributed by atoms with Gasteiger partial charge in [-0.1, -0.05) is 19.3 Å². The summed E-state index contributed by atoms with van der Waals surface area (Å²) < 4.78 is 39.9. The summed E-state index contributed by atoms with van der Waals surface area (Å²) in [4.78, 5) is 28.8. The fourth-order valence-corrected chi connectivity index (χ4v) is 6.11. The topological polar surface area (TPSA) is 78.0 Å². The Kier molecular flexibility index (Phi) is 5.48. The minimum absolute atomic E-state index is 0.0523. The maximum Gasteiger partial charge on any atom is 0.243 e. The van der Waals surface area contributed by atoms with E-state index < -0.39 is 21.3 Å². The van der Waals surface area contributed by atoms with E-state index in [1.807, 2.05) is 4.90 Å². The number of imide groups is 1. The van der Waals surface area contributed by atoms with Crippen molar-refractivity contribution in [1.29, 1.82) is 0 Å². The summed E-state index contributed by atoms with van der Waals surface area (Å²) in [6, 6.07) is 4.80. The average Bonchev–Trinajstić information content (AvgIpc) is 2.93. The van der Waals surface area contributed by atoms with E-state index in [0.717, 1.165) is 44.2 Å². The first-order chi connectivity index (χ1) is 13.8. The normalized spacial score (nSPS) is 23.8. The molecule has 29 heavy (non-hydrogen) atoms. The van der Waals surface area contributed by atoms with E-state index in [1.54, 1.807) is 0 Å². The Morgan fingerprint density at radius 3 is 2.17 bits per heavy atom. The van der Waals surface area contributed by atoms with Gasteiger partial charge in [0.15, 0.2) is 0 Å². The van der Waals surface area contributed by atoms with E-state index in [-0.39, 0.29) is 36.5 Å². The third kappa shape index (κ3) is 3.83. The van der Waals surface area contributed by atoms with Gasteiger partial charge in [0.2, 0.25) is 21.8 Å². The van der Waals surface area contributed by atoms with Crippen molar-refractivity contribution < 1.29 is 22.4 Å². The van der Waals surface area contributed by atoms with Crippen LogP contribution in [0.1, 0.15) is 38.5 Å². The number of hydrogen-bond donors (Lipinski definition) is 0. The number of likely N-dealkylation sites (tertiary alicyclic amines) is 1. The summed E-state index contributed by atoms with van der Waals surface area (Å²) in [6.45, 7) is 1.63. The average molecular weight is 424 g/mol. The van der Waals surface area contributed by atoms with E-state index in [4.69, 9.17) is 0 Å². The van der Waals surface area contributed by atoms with Crippen LogP contribution in [-0.2, 0) is 19.6 Å². The number of piperazine rings is 1. The number of rotatable bonds is 4. The lowest BCUT2D eigenvalue weighted by atomic mass is 9.73. The molecule has 1 aromatic rings. The number of amides is 2. The fourth-order valence-electron chi connectivity index (χ4n) is 4.69. The predicted molar refractivity (Wildman–Crippen MR) is 104 cm³/mol. The van der Waals surface area contributed by atoms with Gasteiger partial charge in [-0.3, -0.25) is 19.4 Å². The second kappa shape index (κ2) is 7.77. The molecule has 0 unspecified atom stereocenters. The van der Waals surface area contributed by atoms with Crippen molar-refractivity contribution in [3.63, 3.8) is 0 Å². The second-order valence-electron chi connectivity index (χ2n) is 8.26. The van der Waals surface area contributed by atoms with Crippen molar-refractivity contribution in [1.82, 2.24) is 14.1 Å². The van der Waals surface area contributed by atoms with Crippen molar-refractivity contribution in [2.75, 3.05) is 32.8 Å². The van der Waals surface area contributed by atoms with Crippen LogP contribution < -0.4 is 0 Å². The highest BCUT2D eigenvalue weighted by atomic mass is 32.2. The van der Waals surface area contributed by atoms with Gasteiger partial charge in [0.05, 0.1) is 17.0 Å². The molecule has 9 heteroatoms.